The van der Waals surface area contributed by atoms with Crippen LogP contribution in [-0.2, 0) is 16.0 Å². The molecule has 33 heavy (non-hydrogen) atoms. The van der Waals surface area contributed by atoms with Gasteiger partial charge < -0.3 is 14.6 Å². The molecule has 3 aromatic rings. The zero-order chi connectivity index (χ0) is 24.0. The first-order valence-electron chi connectivity index (χ1n) is 10.4. The van der Waals surface area contributed by atoms with Crippen molar-refractivity contribution in [1.82, 2.24) is 4.68 Å². The smallest absolute Gasteiger partial charge is 0.306 e. The van der Waals surface area contributed by atoms with Crippen LogP contribution in [0.3, 0.4) is 0 Å². The molecule has 0 atom stereocenters. The van der Waals surface area contributed by atoms with Gasteiger partial charge in [0.15, 0.2) is 18.1 Å². The van der Waals surface area contributed by atoms with Crippen LogP contribution < -0.4 is 10.2 Å². The molecule has 0 bridgehead atoms. The highest BCUT2D eigenvalue weighted by Crippen LogP contribution is 2.26. The van der Waals surface area contributed by atoms with Crippen LogP contribution in [0.25, 0.3) is 0 Å². The van der Waals surface area contributed by atoms with Gasteiger partial charge in [-0.25, -0.2) is 0 Å². The van der Waals surface area contributed by atoms with Gasteiger partial charge >= 0.3 is 5.97 Å². The number of nitrogens with zero attached hydrogens (tertiary/aromatic N) is 1. The number of phenols is 1. The number of methoxy groups -OCH3 is 1. The van der Waals surface area contributed by atoms with Gasteiger partial charge in [-0.3, -0.25) is 24.5 Å². The van der Waals surface area contributed by atoms with Crippen molar-refractivity contribution >= 4 is 17.7 Å². The van der Waals surface area contributed by atoms with Crippen LogP contribution >= 0.6 is 0 Å². The highest BCUT2D eigenvalue weighted by atomic mass is 16.5. The molecule has 172 valence electrons. The summed E-state index contributed by atoms with van der Waals surface area (Å²) in [6.07, 6.45) is 0.413. The molecule has 1 amide bonds. The summed E-state index contributed by atoms with van der Waals surface area (Å²) in [6.45, 7) is 3.08. The number of rotatable bonds is 9. The number of carbonyl (C=O) groups is 3. The lowest BCUT2D eigenvalue weighted by Crippen LogP contribution is -2.25. The van der Waals surface area contributed by atoms with Crippen LogP contribution in [0.4, 0.5) is 0 Å². The first-order valence-corrected chi connectivity index (χ1v) is 10.4. The maximum Gasteiger partial charge on any atom is 0.306 e. The lowest BCUT2D eigenvalue weighted by Gasteiger charge is -2.11. The van der Waals surface area contributed by atoms with E-state index in [1.807, 2.05) is 6.07 Å². The predicted molar refractivity (Wildman–Crippen MR) is 122 cm³/mol. The number of hydrogen-bond acceptors (Lipinski definition) is 6. The van der Waals surface area contributed by atoms with Crippen molar-refractivity contribution in [2.24, 2.45) is 0 Å². The molecular weight excluding hydrogens is 424 g/mol. The van der Waals surface area contributed by atoms with E-state index in [9.17, 15) is 19.5 Å². The summed E-state index contributed by atoms with van der Waals surface area (Å²) in [5.41, 5.74) is 5.61. The molecular formula is C25H26N2O6. The molecule has 0 aliphatic carbocycles. The van der Waals surface area contributed by atoms with Gasteiger partial charge in [0.1, 0.15) is 0 Å². The van der Waals surface area contributed by atoms with E-state index in [1.54, 1.807) is 61.0 Å². The summed E-state index contributed by atoms with van der Waals surface area (Å²) in [6, 6.07) is 15.3. The van der Waals surface area contributed by atoms with Crippen molar-refractivity contribution in [3.05, 3.63) is 82.7 Å². The van der Waals surface area contributed by atoms with E-state index in [0.29, 0.717) is 34.7 Å². The van der Waals surface area contributed by atoms with Crippen LogP contribution in [0.1, 0.15) is 44.1 Å². The van der Waals surface area contributed by atoms with E-state index >= 15 is 0 Å². The summed E-state index contributed by atoms with van der Waals surface area (Å²) in [4.78, 5) is 37.2. The number of benzene rings is 2. The third-order valence-electron chi connectivity index (χ3n) is 5.21. The second kappa shape index (κ2) is 10.5. The number of Topliss-reactive ketones (excluding diaryl/α,β-unsaturated/α-hetero) is 1. The SMILES string of the molecule is COc1ccc(CCC(=O)OCC(=O)c2cc(C)n(NC(=O)c3ccccc3)c2C)cc1O. The standard InChI is InChI=1S/C25H26N2O6/c1-16-13-20(17(2)27(16)26-25(31)19-7-5-4-6-8-19)22(29)15-33-24(30)12-10-18-9-11-23(32-3)21(28)14-18/h4-9,11,13-14,28H,10,12,15H2,1-3H3,(H,26,31). The monoisotopic (exact) mass is 450 g/mol. The predicted octanol–water partition coefficient (Wildman–Crippen LogP) is 3.56. The number of nitrogens with one attached hydrogen (secondary N) is 1. The summed E-state index contributed by atoms with van der Waals surface area (Å²) < 4.78 is 11.7. The average Bonchev–Trinajstić information content (AvgIpc) is 3.10. The number of aromatic nitrogens is 1. The van der Waals surface area contributed by atoms with Gasteiger partial charge in [0.05, 0.1) is 7.11 Å². The first kappa shape index (κ1) is 23.6. The number of phenolic OH excluding ortho intramolecular Hbond substituents is 1. The van der Waals surface area contributed by atoms with Crippen molar-refractivity contribution in [3.8, 4) is 11.5 Å². The Kier molecular flexibility index (Phi) is 7.50. The van der Waals surface area contributed by atoms with E-state index in [1.165, 1.54) is 13.2 Å². The Balaban J connectivity index is 1.56. The average molecular weight is 450 g/mol. The van der Waals surface area contributed by atoms with Gasteiger partial charge in [0.25, 0.3) is 5.91 Å². The molecule has 0 fully saturated rings. The summed E-state index contributed by atoms with van der Waals surface area (Å²) >= 11 is 0. The molecule has 0 radical (unpaired) electrons. The number of carbonyl (C=O) groups excluding carboxylic acids is 3. The van der Waals surface area contributed by atoms with Gasteiger partial charge in [0, 0.05) is 28.9 Å². The minimum Gasteiger partial charge on any atom is -0.504 e. The Morgan fingerprint density at radius 1 is 1.03 bits per heavy atom. The highest BCUT2D eigenvalue weighted by molar-refractivity contribution is 6.01. The quantitative estimate of drug-likeness (QED) is 0.381. The minimum absolute atomic E-state index is 0.00624. The van der Waals surface area contributed by atoms with E-state index in [-0.39, 0.29) is 23.9 Å². The highest BCUT2D eigenvalue weighted by Gasteiger charge is 2.19. The van der Waals surface area contributed by atoms with Gasteiger partial charge in [-0.05, 0) is 56.2 Å². The second-order valence-corrected chi connectivity index (χ2v) is 7.52. The molecule has 1 aromatic heterocycles. The zero-order valence-electron chi connectivity index (χ0n) is 18.8. The van der Waals surface area contributed by atoms with Crippen LogP contribution in [0.15, 0.2) is 54.6 Å². The molecule has 0 spiro atoms. The number of aromatic hydroxyl groups is 1. The normalized spacial score (nSPS) is 10.5. The van der Waals surface area contributed by atoms with Crippen LogP contribution in [-0.4, -0.2) is 41.2 Å². The van der Waals surface area contributed by atoms with Gasteiger partial charge in [-0.15, -0.1) is 0 Å². The molecule has 8 heteroatoms. The topological polar surface area (TPSA) is 107 Å². The summed E-state index contributed by atoms with van der Waals surface area (Å²) in [7, 11) is 1.46. The van der Waals surface area contributed by atoms with Crippen molar-refractivity contribution in [1.29, 1.82) is 0 Å². The van der Waals surface area contributed by atoms with Crippen molar-refractivity contribution in [2.45, 2.75) is 26.7 Å². The van der Waals surface area contributed by atoms with E-state index in [2.05, 4.69) is 5.43 Å². The number of ketones is 1. The number of aryl methyl sites for hydroxylation is 2. The Morgan fingerprint density at radius 2 is 1.76 bits per heavy atom. The number of ether oxygens (including phenoxy) is 2. The molecule has 2 aromatic carbocycles. The fraction of sp³-hybridized carbons (Fsp3) is 0.240. The Hall–Kier alpha value is -4.07. The van der Waals surface area contributed by atoms with E-state index in [0.717, 1.165) is 5.56 Å². The van der Waals surface area contributed by atoms with Crippen LogP contribution in [0.2, 0.25) is 0 Å². The van der Waals surface area contributed by atoms with Gasteiger partial charge in [-0.1, -0.05) is 24.3 Å². The Labute approximate surface area is 191 Å². The van der Waals surface area contributed by atoms with Crippen molar-refractivity contribution in [3.63, 3.8) is 0 Å². The minimum atomic E-state index is -0.523. The number of esters is 1. The maximum absolute atomic E-state index is 12.6. The van der Waals surface area contributed by atoms with Crippen LogP contribution in [0.5, 0.6) is 11.5 Å². The van der Waals surface area contributed by atoms with Crippen molar-refractivity contribution in [2.75, 3.05) is 19.1 Å². The molecule has 1 heterocycles. The molecule has 0 saturated carbocycles. The van der Waals surface area contributed by atoms with E-state index in [4.69, 9.17) is 9.47 Å². The fourth-order valence-corrected chi connectivity index (χ4v) is 3.41. The molecule has 0 unspecified atom stereocenters. The largest absolute Gasteiger partial charge is 0.504 e. The number of amides is 1. The first-order chi connectivity index (χ1) is 15.8. The van der Waals surface area contributed by atoms with E-state index < -0.39 is 12.6 Å². The van der Waals surface area contributed by atoms with Gasteiger partial charge in [0.2, 0.25) is 5.78 Å². The molecule has 0 aliphatic rings. The zero-order valence-corrected chi connectivity index (χ0v) is 18.8. The lowest BCUT2D eigenvalue weighted by atomic mass is 10.1. The van der Waals surface area contributed by atoms with Gasteiger partial charge in [-0.2, -0.15) is 0 Å². The Morgan fingerprint density at radius 3 is 2.42 bits per heavy atom. The fourth-order valence-electron chi connectivity index (χ4n) is 3.41. The molecule has 3 rings (SSSR count). The third kappa shape index (κ3) is 5.79. The summed E-state index contributed by atoms with van der Waals surface area (Å²) in [5, 5.41) is 9.81. The number of hydrogen-bond donors (Lipinski definition) is 2. The second-order valence-electron chi connectivity index (χ2n) is 7.52. The summed E-state index contributed by atoms with van der Waals surface area (Å²) in [5.74, 6) is -0.839. The lowest BCUT2D eigenvalue weighted by molar-refractivity contribution is -0.142. The molecule has 2 N–H and O–H groups in total. The molecule has 0 aliphatic heterocycles. The third-order valence-corrected chi connectivity index (χ3v) is 5.21. The maximum atomic E-state index is 12.6. The Bertz CT molecular complexity index is 1170. The van der Waals surface area contributed by atoms with Crippen molar-refractivity contribution < 1.29 is 29.0 Å². The molecule has 0 saturated heterocycles. The molecule has 8 nitrogen and oxygen atoms in total. The van der Waals surface area contributed by atoms with Crippen LogP contribution in [0, 0.1) is 13.8 Å².